The molecule has 0 aliphatic carbocycles. The molecule has 0 aromatic rings. The minimum atomic E-state index is -4.41. The fraction of sp³-hybridized carbons (Fsp3) is 0.894. The van der Waals surface area contributed by atoms with Crippen molar-refractivity contribution >= 4 is 16.0 Å². The number of nitrogens with one attached hydrogen (secondary N) is 1. The number of allylic oxidation sites excluding steroid dienone is 4. The van der Waals surface area contributed by atoms with Crippen molar-refractivity contribution in [3.05, 3.63) is 24.3 Å². The molecule has 0 saturated carbocycles. The first-order valence-corrected chi connectivity index (χ1v) is 25.2. The maximum atomic E-state index is 12.7. The lowest BCUT2D eigenvalue weighted by atomic mass is 10.0. The summed E-state index contributed by atoms with van der Waals surface area (Å²) in [7, 11) is -4.41. The van der Waals surface area contributed by atoms with Crippen molar-refractivity contribution in [2.75, 3.05) is 5.75 Å². The first-order valence-electron chi connectivity index (χ1n) is 23.6. The first-order chi connectivity index (χ1) is 26.7. The third-order valence-corrected chi connectivity index (χ3v) is 11.8. The number of aliphatic hydroxyl groups excluding tert-OH is 2. The van der Waals surface area contributed by atoms with E-state index in [9.17, 15) is 28.0 Å². The SMILES string of the molecule is CCCCCCCCCCC/C=C\C/C=C\CCCCCCCCC(O)C(=O)NC(CS(=O)(=O)O)C(O)CCCCCCCCCCCCCCCCCC. The van der Waals surface area contributed by atoms with Crippen LogP contribution in [-0.2, 0) is 14.9 Å². The Labute approximate surface area is 341 Å². The van der Waals surface area contributed by atoms with E-state index < -0.39 is 40.0 Å². The van der Waals surface area contributed by atoms with Gasteiger partial charge in [0.15, 0.2) is 0 Å². The number of carbonyl (C=O) groups excluding carboxylic acids is 1. The normalized spacial score (nSPS) is 13.9. The molecule has 55 heavy (non-hydrogen) atoms. The number of rotatable bonds is 43. The summed E-state index contributed by atoms with van der Waals surface area (Å²) in [5.41, 5.74) is 0. The fourth-order valence-electron chi connectivity index (χ4n) is 7.38. The lowest BCUT2D eigenvalue weighted by Crippen LogP contribution is -2.50. The molecule has 0 heterocycles. The van der Waals surface area contributed by atoms with Crippen LogP contribution in [0.4, 0.5) is 0 Å². The quantitative estimate of drug-likeness (QED) is 0.0277. The van der Waals surface area contributed by atoms with Crippen LogP contribution in [0.25, 0.3) is 0 Å². The van der Waals surface area contributed by atoms with Crippen LogP contribution in [0.15, 0.2) is 24.3 Å². The van der Waals surface area contributed by atoms with Gasteiger partial charge in [-0.2, -0.15) is 8.42 Å². The molecule has 326 valence electrons. The van der Waals surface area contributed by atoms with Crippen molar-refractivity contribution in [3.8, 4) is 0 Å². The summed E-state index contributed by atoms with van der Waals surface area (Å²) in [5, 5.41) is 23.6. The number of unbranched alkanes of at least 4 members (excludes halogenated alkanes) is 30. The van der Waals surface area contributed by atoms with Crippen LogP contribution in [0.5, 0.6) is 0 Å². The predicted molar refractivity (Wildman–Crippen MR) is 236 cm³/mol. The first kappa shape index (κ1) is 53.8. The Balaban J connectivity index is 3.91. The van der Waals surface area contributed by atoms with Crippen molar-refractivity contribution in [2.45, 2.75) is 263 Å². The summed E-state index contributed by atoms with van der Waals surface area (Å²) in [4.78, 5) is 12.7. The summed E-state index contributed by atoms with van der Waals surface area (Å²) in [6.07, 6.45) is 49.1. The summed E-state index contributed by atoms with van der Waals surface area (Å²) in [6.45, 7) is 4.53. The van der Waals surface area contributed by atoms with Crippen LogP contribution in [0.1, 0.15) is 245 Å². The van der Waals surface area contributed by atoms with E-state index >= 15 is 0 Å². The molecular formula is C47H91NO6S. The largest absolute Gasteiger partial charge is 0.391 e. The number of amides is 1. The average molecular weight is 798 g/mol. The number of hydrogen-bond donors (Lipinski definition) is 4. The van der Waals surface area contributed by atoms with E-state index in [0.717, 1.165) is 57.8 Å². The van der Waals surface area contributed by atoms with Crippen molar-refractivity contribution in [3.63, 3.8) is 0 Å². The van der Waals surface area contributed by atoms with Gasteiger partial charge in [0.05, 0.1) is 17.9 Å². The van der Waals surface area contributed by atoms with Crippen LogP contribution in [0.2, 0.25) is 0 Å². The Morgan fingerprint density at radius 1 is 0.491 bits per heavy atom. The van der Waals surface area contributed by atoms with Crippen molar-refractivity contribution in [1.82, 2.24) is 5.32 Å². The third kappa shape index (κ3) is 40.8. The summed E-state index contributed by atoms with van der Waals surface area (Å²) >= 11 is 0. The maximum Gasteiger partial charge on any atom is 0.266 e. The van der Waals surface area contributed by atoms with Crippen LogP contribution in [0, 0.1) is 0 Å². The topological polar surface area (TPSA) is 124 Å². The van der Waals surface area contributed by atoms with E-state index in [1.807, 2.05) is 0 Å². The molecule has 0 spiro atoms. The van der Waals surface area contributed by atoms with Gasteiger partial charge in [-0.05, 0) is 44.9 Å². The molecule has 0 rings (SSSR count). The average Bonchev–Trinajstić information content (AvgIpc) is 3.15. The zero-order valence-corrected chi connectivity index (χ0v) is 37.0. The second-order valence-corrected chi connectivity index (χ2v) is 18.0. The molecule has 8 heteroatoms. The number of aliphatic hydroxyl groups is 2. The molecule has 0 bridgehead atoms. The van der Waals surface area contributed by atoms with E-state index in [-0.39, 0.29) is 6.42 Å². The Kier molecular flexibility index (Phi) is 40.0. The van der Waals surface area contributed by atoms with Crippen molar-refractivity contribution in [2.24, 2.45) is 0 Å². The molecule has 0 fully saturated rings. The molecule has 0 radical (unpaired) electrons. The molecule has 3 atom stereocenters. The minimum Gasteiger partial charge on any atom is -0.391 e. The molecule has 0 aliphatic heterocycles. The number of hydrogen-bond acceptors (Lipinski definition) is 5. The Morgan fingerprint density at radius 3 is 1.18 bits per heavy atom. The van der Waals surface area contributed by atoms with E-state index in [4.69, 9.17) is 0 Å². The minimum absolute atomic E-state index is 0.287. The molecule has 1 amide bonds. The van der Waals surface area contributed by atoms with Crippen LogP contribution >= 0.6 is 0 Å². The van der Waals surface area contributed by atoms with Crippen LogP contribution < -0.4 is 5.32 Å². The highest BCUT2D eigenvalue weighted by Gasteiger charge is 2.28. The van der Waals surface area contributed by atoms with Gasteiger partial charge < -0.3 is 15.5 Å². The van der Waals surface area contributed by atoms with Crippen LogP contribution in [-0.4, -0.2) is 53.1 Å². The molecule has 0 aliphatic rings. The predicted octanol–water partition coefficient (Wildman–Crippen LogP) is 13.3. The van der Waals surface area contributed by atoms with Gasteiger partial charge in [0.1, 0.15) is 6.10 Å². The Hall–Kier alpha value is -1.22. The number of carbonyl (C=O) groups is 1. The maximum absolute atomic E-state index is 12.7. The van der Waals surface area contributed by atoms with E-state index in [2.05, 4.69) is 43.5 Å². The van der Waals surface area contributed by atoms with Gasteiger partial charge in [-0.3, -0.25) is 9.35 Å². The highest BCUT2D eigenvalue weighted by atomic mass is 32.2. The molecule has 7 nitrogen and oxygen atoms in total. The van der Waals surface area contributed by atoms with E-state index in [1.54, 1.807) is 0 Å². The van der Waals surface area contributed by atoms with Crippen molar-refractivity contribution in [1.29, 1.82) is 0 Å². The zero-order valence-electron chi connectivity index (χ0n) is 36.2. The van der Waals surface area contributed by atoms with E-state index in [0.29, 0.717) is 19.3 Å². The smallest absolute Gasteiger partial charge is 0.266 e. The second kappa shape index (κ2) is 41.0. The highest BCUT2D eigenvalue weighted by Crippen LogP contribution is 2.17. The molecule has 4 N–H and O–H groups in total. The van der Waals surface area contributed by atoms with E-state index in [1.165, 1.54) is 148 Å². The molecule has 0 saturated heterocycles. The standard InChI is InChI=1S/C47H91NO6S/c1-3-5-7-9-11-13-15-17-19-21-22-23-24-25-26-28-30-32-34-36-38-40-42-46(50)47(51)48-44(43-55(52,53)54)45(49)41-39-37-35-33-31-29-27-20-18-16-14-12-10-8-6-4-2/h22-23,25-26,44-46,49-50H,3-21,24,27-43H2,1-2H3,(H,48,51)(H,52,53,54)/b23-22-,26-25-. The Bertz CT molecular complexity index is 984. The van der Waals surface area contributed by atoms with Gasteiger partial charge in [-0.25, -0.2) is 0 Å². The fourth-order valence-corrected chi connectivity index (χ4v) is 8.13. The third-order valence-electron chi connectivity index (χ3n) is 11.0. The molecule has 0 aromatic heterocycles. The molecule has 0 aromatic carbocycles. The summed E-state index contributed by atoms with van der Waals surface area (Å²) in [5.74, 6) is -1.46. The summed E-state index contributed by atoms with van der Waals surface area (Å²) in [6, 6.07) is -1.15. The van der Waals surface area contributed by atoms with Crippen molar-refractivity contribution < 1.29 is 28.0 Å². The van der Waals surface area contributed by atoms with Gasteiger partial charge in [0.2, 0.25) is 5.91 Å². The second-order valence-electron chi connectivity index (χ2n) is 16.5. The zero-order chi connectivity index (χ0) is 40.5. The lowest BCUT2D eigenvalue weighted by Gasteiger charge is -2.24. The molecule has 3 unspecified atom stereocenters. The van der Waals surface area contributed by atoms with Gasteiger partial charge in [-0.1, -0.05) is 224 Å². The monoisotopic (exact) mass is 798 g/mol. The van der Waals surface area contributed by atoms with Gasteiger partial charge in [0.25, 0.3) is 10.1 Å². The molecular weight excluding hydrogens is 707 g/mol. The highest BCUT2D eigenvalue weighted by molar-refractivity contribution is 7.85. The van der Waals surface area contributed by atoms with Crippen LogP contribution in [0.3, 0.4) is 0 Å². The lowest BCUT2D eigenvalue weighted by molar-refractivity contribution is -0.131. The summed E-state index contributed by atoms with van der Waals surface area (Å²) < 4.78 is 32.7. The van der Waals surface area contributed by atoms with Gasteiger partial charge in [-0.15, -0.1) is 0 Å². The Morgan fingerprint density at radius 2 is 0.818 bits per heavy atom. The van der Waals surface area contributed by atoms with Gasteiger partial charge in [0, 0.05) is 0 Å². The van der Waals surface area contributed by atoms with Gasteiger partial charge >= 0.3 is 0 Å².